The van der Waals surface area contributed by atoms with Crippen molar-refractivity contribution in [1.82, 2.24) is 0 Å². The number of benzene rings is 2. The smallest absolute Gasteiger partial charge is 0.0669 e. The van der Waals surface area contributed by atoms with Crippen molar-refractivity contribution >= 4 is 5.69 Å². The largest absolute Gasteiger partial charge is 0.379 e. The van der Waals surface area contributed by atoms with E-state index < -0.39 is 0 Å². The van der Waals surface area contributed by atoms with Crippen LogP contribution in [0, 0.1) is 11.3 Å². The zero-order valence-electron chi connectivity index (χ0n) is 12.1. The van der Waals surface area contributed by atoms with E-state index in [1.807, 2.05) is 24.3 Å². The molecule has 0 bridgehead atoms. The molecule has 2 nitrogen and oxygen atoms in total. The van der Waals surface area contributed by atoms with Crippen molar-refractivity contribution in [3.63, 3.8) is 0 Å². The lowest BCUT2D eigenvalue weighted by atomic mass is 10.0. The average Bonchev–Trinajstić information content (AvgIpc) is 2.49. The SMILES string of the molecule is CCc1ccc(C(C)Nc2ccc(CC#N)cc2)cc1. The Morgan fingerprint density at radius 3 is 2.15 bits per heavy atom. The maximum Gasteiger partial charge on any atom is 0.0669 e. The molecule has 0 saturated heterocycles. The average molecular weight is 264 g/mol. The van der Waals surface area contributed by atoms with Gasteiger partial charge in [-0.2, -0.15) is 5.26 Å². The molecule has 20 heavy (non-hydrogen) atoms. The number of hydrogen-bond donors (Lipinski definition) is 1. The third kappa shape index (κ3) is 3.61. The Labute approximate surface area is 121 Å². The van der Waals surface area contributed by atoms with Crippen molar-refractivity contribution in [3.05, 3.63) is 65.2 Å². The Kier molecular flexibility index (Phi) is 4.79. The number of nitrogens with zero attached hydrogens (tertiary/aromatic N) is 1. The van der Waals surface area contributed by atoms with Gasteiger partial charge in [0.05, 0.1) is 12.5 Å². The van der Waals surface area contributed by atoms with Crippen molar-refractivity contribution in [2.45, 2.75) is 32.7 Å². The van der Waals surface area contributed by atoms with Gasteiger partial charge in [-0.25, -0.2) is 0 Å². The highest BCUT2D eigenvalue weighted by atomic mass is 14.9. The van der Waals surface area contributed by atoms with Crippen LogP contribution >= 0.6 is 0 Å². The van der Waals surface area contributed by atoms with Crippen molar-refractivity contribution in [3.8, 4) is 6.07 Å². The maximum atomic E-state index is 8.66. The van der Waals surface area contributed by atoms with Crippen LogP contribution < -0.4 is 5.32 Å². The summed E-state index contributed by atoms with van der Waals surface area (Å²) in [5.74, 6) is 0. The van der Waals surface area contributed by atoms with E-state index in [2.05, 4.69) is 49.5 Å². The standard InChI is InChI=1S/C18H20N2/c1-3-15-4-8-17(9-5-15)14(2)20-18-10-6-16(7-11-18)12-13-19/h4-11,14,20H,3,12H2,1-2H3. The minimum absolute atomic E-state index is 0.266. The number of hydrogen-bond acceptors (Lipinski definition) is 2. The molecule has 0 fully saturated rings. The molecule has 1 N–H and O–H groups in total. The van der Waals surface area contributed by atoms with Crippen LogP contribution in [0.25, 0.3) is 0 Å². The Bertz CT molecular complexity index is 576. The van der Waals surface area contributed by atoms with Crippen LogP contribution in [0.1, 0.15) is 36.6 Å². The summed E-state index contributed by atoms with van der Waals surface area (Å²) >= 11 is 0. The van der Waals surface area contributed by atoms with E-state index >= 15 is 0 Å². The first kappa shape index (κ1) is 14.1. The summed E-state index contributed by atoms with van der Waals surface area (Å²) in [7, 11) is 0. The minimum atomic E-state index is 0.266. The molecule has 1 atom stereocenters. The number of nitriles is 1. The molecule has 0 amide bonds. The number of rotatable bonds is 5. The summed E-state index contributed by atoms with van der Waals surface area (Å²) in [5, 5.41) is 12.1. The number of aryl methyl sites for hydroxylation is 1. The van der Waals surface area contributed by atoms with Gasteiger partial charge in [0.15, 0.2) is 0 Å². The lowest BCUT2D eigenvalue weighted by Gasteiger charge is -2.16. The van der Waals surface area contributed by atoms with E-state index in [4.69, 9.17) is 5.26 Å². The molecule has 2 aromatic rings. The highest BCUT2D eigenvalue weighted by Gasteiger charge is 2.05. The minimum Gasteiger partial charge on any atom is -0.379 e. The third-order valence-electron chi connectivity index (χ3n) is 3.51. The molecule has 0 saturated carbocycles. The molecule has 0 spiro atoms. The normalized spacial score (nSPS) is 11.7. The zero-order chi connectivity index (χ0) is 14.4. The second-order valence-corrected chi connectivity index (χ2v) is 4.99. The van der Waals surface area contributed by atoms with Gasteiger partial charge in [0.2, 0.25) is 0 Å². The Hall–Kier alpha value is -2.27. The van der Waals surface area contributed by atoms with Gasteiger partial charge in [0, 0.05) is 11.7 Å². The molecule has 0 aliphatic carbocycles. The van der Waals surface area contributed by atoms with Gasteiger partial charge in [-0.15, -0.1) is 0 Å². The van der Waals surface area contributed by atoms with Crippen LogP contribution in [0.15, 0.2) is 48.5 Å². The van der Waals surface area contributed by atoms with Crippen molar-refractivity contribution < 1.29 is 0 Å². The first-order valence-corrected chi connectivity index (χ1v) is 7.04. The fourth-order valence-corrected chi connectivity index (χ4v) is 2.19. The van der Waals surface area contributed by atoms with E-state index in [1.54, 1.807) is 0 Å². The molecule has 2 aromatic carbocycles. The lowest BCUT2D eigenvalue weighted by Crippen LogP contribution is -2.06. The highest BCUT2D eigenvalue weighted by Crippen LogP contribution is 2.20. The monoisotopic (exact) mass is 264 g/mol. The molecular weight excluding hydrogens is 244 g/mol. The van der Waals surface area contributed by atoms with E-state index in [1.165, 1.54) is 11.1 Å². The highest BCUT2D eigenvalue weighted by molar-refractivity contribution is 5.47. The lowest BCUT2D eigenvalue weighted by molar-refractivity contribution is 0.882. The summed E-state index contributed by atoms with van der Waals surface area (Å²) in [6.45, 7) is 4.32. The molecule has 2 heteroatoms. The Balaban J connectivity index is 2.02. The van der Waals surface area contributed by atoms with Gasteiger partial charge in [-0.05, 0) is 42.2 Å². The predicted octanol–water partition coefficient (Wildman–Crippen LogP) is 4.49. The maximum absolute atomic E-state index is 8.66. The second kappa shape index (κ2) is 6.77. The molecule has 0 radical (unpaired) electrons. The summed E-state index contributed by atoms with van der Waals surface area (Å²) in [5.41, 5.74) is 4.78. The molecule has 102 valence electrons. The van der Waals surface area contributed by atoms with E-state index in [0.29, 0.717) is 6.42 Å². The molecule has 2 rings (SSSR count). The second-order valence-electron chi connectivity index (χ2n) is 4.99. The van der Waals surface area contributed by atoms with Gasteiger partial charge >= 0.3 is 0 Å². The number of nitrogens with one attached hydrogen (secondary N) is 1. The van der Waals surface area contributed by atoms with Gasteiger partial charge in [-0.3, -0.25) is 0 Å². The fraction of sp³-hybridized carbons (Fsp3) is 0.278. The van der Waals surface area contributed by atoms with Gasteiger partial charge in [-0.1, -0.05) is 43.3 Å². The number of anilines is 1. The zero-order valence-corrected chi connectivity index (χ0v) is 12.1. The summed E-state index contributed by atoms with van der Waals surface area (Å²) in [6.07, 6.45) is 1.54. The molecule has 1 unspecified atom stereocenters. The Morgan fingerprint density at radius 2 is 1.60 bits per heavy atom. The van der Waals surface area contributed by atoms with Gasteiger partial charge in [0.1, 0.15) is 0 Å². The summed E-state index contributed by atoms with van der Waals surface area (Å²) in [4.78, 5) is 0. The Morgan fingerprint density at radius 1 is 1.00 bits per heavy atom. The molecule has 0 aromatic heterocycles. The topological polar surface area (TPSA) is 35.8 Å². The van der Waals surface area contributed by atoms with Crippen LogP contribution in [0.2, 0.25) is 0 Å². The molecular formula is C18H20N2. The molecule has 0 aliphatic heterocycles. The molecule has 0 heterocycles. The summed E-state index contributed by atoms with van der Waals surface area (Å²) in [6, 6.07) is 19.2. The van der Waals surface area contributed by atoms with Crippen LogP contribution in [-0.4, -0.2) is 0 Å². The first-order chi connectivity index (χ1) is 9.72. The van der Waals surface area contributed by atoms with E-state index in [-0.39, 0.29) is 6.04 Å². The van der Waals surface area contributed by atoms with Gasteiger partial charge < -0.3 is 5.32 Å². The fourth-order valence-electron chi connectivity index (χ4n) is 2.19. The van der Waals surface area contributed by atoms with E-state index in [0.717, 1.165) is 17.7 Å². The van der Waals surface area contributed by atoms with Crippen molar-refractivity contribution in [2.24, 2.45) is 0 Å². The summed E-state index contributed by atoms with van der Waals surface area (Å²) < 4.78 is 0. The quantitative estimate of drug-likeness (QED) is 0.863. The third-order valence-corrected chi connectivity index (χ3v) is 3.51. The van der Waals surface area contributed by atoms with Crippen LogP contribution in [0.4, 0.5) is 5.69 Å². The predicted molar refractivity (Wildman–Crippen MR) is 83.6 cm³/mol. The molecule has 0 aliphatic rings. The van der Waals surface area contributed by atoms with Crippen molar-refractivity contribution in [2.75, 3.05) is 5.32 Å². The van der Waals surface area contributed by atoms with E-state index in [9.17, 15) is 0 Å². The van der Waals surface area contributed by atoms with Gasteiger partial charge in [0.25, 0.3) is 0 Å². The van der Waals surface area contributed by atoms with Crippen LogP contribution in [0.3, 0.4) is 0 Å². The van der Waals surface area contributed by atoms with Crippen LogP contribution in [-0.2, 0) is 12.8 Å². The first-order valence-electron chi connectivity index (χ1n) is 7.04. The van der Waals surface area contributed by atoms with Crippen molar-refractivity contribution in [1.29, 1.82) is 5.26 Å². The van der Waals surface area contributed by atoms with Crippen LogP contribution in [0.5, 0.6) is 0 Å².